The maximum absolute atomic E-state index is 12.7. The standard InChI is InChI=1S/C21H27N3O5/c1-21(2,3)29-20(27)22-9-8-18(25)23-10-12-24(13-11-23)19(26)17-14-15-6-4-5-7-16(15)28-17/h4-7,14H,8-13H2,1-3H3,(H,22,27). The first-order valence-corrected chi connectivity index (χ1v) is 9.75. The summed E-state index contributed by atoms with van der Waals surface area (Å²) < 4.78 is 10.8. The molecular formula is C21H27N3O5. The molecular weight excluding hydrogens is 374 g/mol. The number of ether oxygens (including phenoxy) is 1. The Labute approximate surface area is 169 Å². The molecule has 2 heterocycles. The van der Waals surface area contributed by atoms with E-state index >= 15 is 0 Å². The number of furan rings is 1. The smallest absolute Gasteiger partial charge is 0.407 e. The van der Waals surface area contributed by atoms with Crippen molar-refractivity contribution in [3.63, 3.8) is 0 Å². The van der Waals surface area contributed by atoms with Gasteiger partial charge < -0.3 is 24.3 Å². The van der Waals surface area contributed by atoms with Crippen molar-refractivity contribution in [1.29, 1.82) is 0 Å². The van der Waals surface area contributed by atoms with Gasteiger partial charge in [0.1, 0.15) is 11.2 Å². The maximum atomic E-state index is 12.7. The van der Waals surface area contributed by atoms with Crippen LogP contribution in [0, 0.1) is 0 Å². The number of piperazine rings is 1. The molecule has 2 aromatic rings. The Morgan fingerprint density at radius 1 is 1.07 bits per heavy atom. The Bertz CT molecular complexity index is 858. The van der Waals surface area contributed by atoms with Crippen molar-refractivity contribution in [2.24, 2.45) is 0 Å². The lowest BCUT2D eigenvalue weighted by Gasteiger charge is -2.34. The van der Waals surface area contributed by atoms with Gasteiger partial charge in [0.2, 0.25) is 5.91 Å². The molecule has 0 saturated carbocycles. The van der Waals surface area contributed by atoms with Crippen LogP contribution in [0.5, 0.6) is 0 Å². The van der Waals surface area contributed by atoms with Gasteiger partial charge in [0.15, 0.2) is 5.76 Å². The summed E-state index contributed by atoms with van der Waals surface area (Å²) in [5.41, 5.74) is 0.110. The van der Waals surface area contributed by atoms with E-state index in [0.29, 0.717) is 37.5 Å². The zero-order valence-corrected chi connectivity index (χ0v) is 17.1. The fraction of sp³-hybridized carbons (Fsp3) is 0.476. The highest BCUT2D eigenvalue weighted by atomic mass is 16.6. The monoisotopic (exact) mass is 401 g/mol. The van der Waals surface area contributed by atoms with Crippen molar-refractivity contribution in [3.8, 4) is 0 Å². The number of hydrogen-bond donors (Lipinski definition) is 1. The topological polar surface area (TPSA) is 92.1 Å². The van der Waals surface area contributed by atoms with Crippen molar-refractivity contribution >= 4 is 28.9 Å². The van der Waals surface area contributed by atoms with Gasteiger partial charge in [-0.2, -0.15) is 0 Å². The van der Waals surface area contributed by atoms with Crippen molar-refractivity contribution in [2.45, 2.75) is 32.8 Å². The molecule has 0 aliphatic carbocycles. The normalized spacial score (nSPS) is 14.7. The first kappa shape index (κ1) is 20.7. The van der Waals surface area contributed by atoms with E-state index in [1.807, 2.05) is 24.3 Å². The Morgan fingerprint density at radius 2 is 1.72 bits per heavy atom. The Morgan fingerprint density at radius 3 is 2.38 bits per heavy atom. The molecule has 1 aromatic heterocycles. The number of benzene rings is 1. The van der Waals surface area contributed by atoms with Gasteiger partial charge in [-0.25, -0.2) is 4.79 Å². The van der Waals surface area contributed by atoms with Gasteiger partial charge in [0, 0.05) is 44.5 Å². The van der Waals surface area contributed by atoms with Crippen LogP contribution in [0.3, 0.4) is 0 Å². The SMILES string of the molecule is CC(C)(C)OC(=O)NCCC(=O)N1CCN(C(=O)c2cc3ccccc3o2)CC1. The van der Waals surface area contributed by atoms with Gasteiger partial charge >= 0.3 is 6.09 Å². The highest BCUT2D eigenvalue weighted by molar-refractivity contribution is 5.96. The molecule has 1 aliphatic heterocycles. The molecule has 1 fully saturated rings. The second kappa shape index (κ2) is 8.55. The highest BCUT2D eigenvalue weighted by Crippen LogP contribution is 2.20. The molecule has 1 N–H and O–H groups in total. The molecule has 1 aromatic carbocycles. The minimum absolute atomic E-state index is 0.0584. The van der Waals surface area contributed by atoms with Gasteiger partial charge in [-0.15, -0.1) is 0 Å². The summed E-state index contributed by atoms with van der Waals surface area (Å²) in [6.07, 6.45) is -0.344. The van der Waals surface area contributed by atoms with Crippen molar-refractivity contribution in [1.82, 2.24) is 15.1 Å². The largest absolute Gasteiger partial charge is 0.451 e. The van der Waals surface area contributed by atoms with Crippen LogP contribution in [0.15, 0.2) is 34.7 Å². The predicted octanol–water partition coefficient (Wildman–Crippen LogP) is 2.63. The van der Waals surface area contributed by atoms with Crippen LogP contribution < -0.4 is 5.32 Å². The van der Waals surface area contributed by atoms with Crippen molar-refractivity contribution in [3.05, 3.63) is 36.1 Å². The molecule has 1 aliphatic rings. The first-order valence-electron chi connectivity index (χ1n) is 9.75. The summed E-state index contributed by atoms with van der Waals surface area (Å²) in [4.78, 5) is 40.0. The molecule has 8 nitrogen and oxygen atoms in total. The Hall–Kier alpha value is -3.03. The van der Waals surface area contributed by atoms with Gasteiger partial charge in [-0.1, -0.05) is 18.2 Å². The number of rotatable bonds is 4. The molecule has 0 spiro atoms. The molecule has 0 radical (unpaired) electrons. The van der Waals surface area contributed by atoms with Crippen LogP contribution in [0.2, 0.25) is 0 Å². The summed E-state index contributed by atoms with van der Waals surface area (Å²) in [6, 6.07) is 9.24. The number of amides is 3. The zero-order chi connectivity index (χ0) is 21.0. The lowest BCUT2D eigenvalue weighted by atomic mass is 10.2. The molecule has 0 unspecified atom stereocenters. The predicted molar refractivity (Wildman–Crippen MR) is 108 cm³/mol. The number of nitrogens with zero attached hydrogens (tertiary/aromatic N) is 2. The summed E-state index contributed by atoms with van der Waals surface area (Å²) in [5.74, 6) is 0.0873. The van der Waals surface area contributed by atoms with Crippen molar-refractivity contribution in [2.75, 3.05) is 32.7 Å². The lowest BCUT2D eigenvalue weighted by Crippen LogP contribution is -2.51. The van der Waals surface area contributed by atoms with Gasteiger partial charge in [-0.05, 0) is 32.9 Å². The number of carbonyl (C=O) groups excluding carboxylic acids is 3. The van der Waals surface area contributed by atoms with E-state index in [1.54, 1.807) is 36.6 Å². The second-order valence-electron chi connectivity index (χ2n) is 8.00. The fourth-order valence-corrected chi connectivity index (χ4v) is 3.15. The number of hydrogen-bond acceptors (Lipinski definition) is 5. The first-order chi connectivity index (χ1) is 13.7. The van der Waals surface area contributed by atoms with Gasteiger partial charge in [0.25, 0.3) is 5.91 Å². The van der Waals surface area contributed by atoms with E-state index in [1.165, 1.54) is 0 Å². The van der Waals surface area contributed by atoms with Gasteiger partial charge in [0.05, 0.1) is 0 Å². The van der Waals surface area contributed by atoms with Crippen molar-refractivity contribution < 1.29 is 23.5 Å². The van der Waals surface area contributed by atoms with Crippen LogP contribution in [-0.2, 0) is 9.53 Å². The third-order valence-corrected chi connectivity index (χ3v) is 4.56. The Balaban J connectivity index is 1.44. The molecule has 3 amide bonds. The van der Waals surface area contributed by atoms with E-state index in [0.717, 1.165) is 5.39 Å². The van der Waals surface area contributed by atoms with E-state index in [-0.39, 0.29) is 24.8 Å². The molecule has 1 saturated heterocycles. The number of alkyl carbamates (subject to hydrolysis) is 1. The second-order valence-corrected chi connectivity index (χ2v) is 8.00. The molecule has 3 rings (SSSR count). The van der Waals surface area contributed by atoms with E-state index in [9.17, 15) is 14.4 Å². The lowest BCUT2D eigenvalue weighted by molar-refractivity contribution is -0.132. The van der Waals surface area contributed by atoms with E-state index in [4.69, 9.17) is 9.15 Å². The minimum atomic E-state index is -0.573. The summed E-state index contributed by atoms with van der Waals surface area (Å²) in [5, 5.41) is 3.48. The number of para-hydroxylation sites is 1. The molecule has 156 valence electrons. The maximum Gasteiger partial charge on any atom is 0.407 e. The Kier molecular flexibility index (Phi) is 6.10. The van der Waals surface area contributed by atoms with E-state index in [2.05, 4.69) is 5.32 Å². The number of carbonyl (C=O) groups is 3. The minimum Gasteiger partial charge on any atom is -0.451 e. The van der Waals surface area contributed by atoms with Crippen LogP contribution >= 0.6 is 0 Å². The number of fused-ring (bicyclic) bond motifs is 1. The third kappa shape index (κ3) is 5.49. The zero-order valence-electron chi connectivity index (χ0n) is 17.1. The molecule has 29 heavy (non-hydrogen) atoms. The van der Waals surface area contributed by atoms with Crippen LogP contribution in [0.1, 0.15) is 37.7 Å². The van der Waals surface area contributed by atoms with Gasteiger partial charge in [-0.3, -0.25) is 9.59 Å². The quantitative estimate of drug-likeness (QED) is 0.850. The van der Waals surface area contributed by atoms with Crippen LogP contribution in [0.4, 0.5) is 4.79 Å². The molecule has 0 bridgehead atoms. The third-order valence-electron chi connectivity index (χ3n) is 4.56. The van der Waals surface area contributed by atoms with E-state index < -0.39 is 11.7 Å². The average Bonchev–Trinajstić information content (AvgIpc) is 3.10. The van der Waals surface area contributed by atoms with Crippen LogP contribution in [-0.4, -0.2) is 66.0 Å². The fourth-order valence-electron chi connectivity index (χ4n) is 3.15. The summed E-state index contributed by atoms with van der Waals surface area (Å²) in [6.45, 7) is 7.36. The summed E-state index contributed by atoms with van der Waals surface area (Å²) in [7, 11) is 0. The summed E-state index contributed by atoms with van der Waals surface area (Å²) >= 11 is 0. The van der Waals surface area contributed by atoms with Crippen LogP contribution in [0.25, 0.3) is 11.0 Å². The highest BCUT2D eigenvalue weighted by Gasteiger charge is 2.26. The molecule has 8 heteroatoms. The number of nitrogens with one attached hydrogen (secondary N) is 1. The molecule has 0 atom stereocenters. The average molecular weight is 401 g/mol.